The minimum absolute atomic E-state index is 0.0104. The van der Waals surface area contributed by atoms with Crippen LogP contribution < -0.4 is 0 Å². The largest absolute Gasteiger partial charge is 0.270 e. The lowest BCUT2D eigenvalue weighted by Gasteiger charge is -2.21. The topological polar surface area (TPSA) is 30.7 Å². The zero-order valence-corrected chi connectivity index (χ0v) is 44.2. The van der Waals surface area contributed by atoms with Gasteiger partial charge in [0.2, 0.25) is 0 Å². The third-order valence-corrected chi connectivity index (χ3v) is 11.6. The molecule has 0 N–H and O–H groups in total. The maximum Gasteiger partial charge on any atom is 0.130 e. The molecule has 4 aromatic rings. The van der Waals surface area contributed by atoms with Crippen LogP contribution >= 0.6 is 0 Å². The molecule has 344 valence electrons. The van der Waals surface area contributed by atoms with Crippen molar-refractivity contribution in [1.29, 1.82) is 0 Å². The van der Waals surface area contributed by atoms with Crippen LogP contribution in [0.3, 0.4) is 0 Å². The van der Waals surface area contributed by atoms with Crippen LogP contribution in [0.2, 0.25) is 0 Å². The van der Waals surface area contributed by atoms with Gasteiger partial charge in [0.05, 0.1) is 5.69 Å². The van der Waals surface area contributed by atoms with Crippen molar-refractivity contribution in [3.05, 3.63) is 116 Å². The van der Waals surface area contributed by atoms with Crippen molar-refractivity contribution in [2.45, 2.75) is 244 Å². The zero-order chi connectivity index (χ0) is 47.4. The van der Waals surface area contributed by atoms with Gasteiger partial charge in [-0.3, -0.25) is 9.67 Å². The van der Waals surface area contributed by atoms with E-state index < -0.39 is 0 Å². The normalized spacial score (nSPS) is 11.9. The molecule has 0 radical (unpaired) electrons. The summed E-state index contributed by atoms with van der Waals surface area (Å²) in [5.41, 5.74) is 15.4. The molecule has 0 saturated heterocycles. The van der Waals surface area contributed by atoms with Gasteiger partial charge in [-0.1, -0.05) is 183 Å². The third kappa shape index (κ3) is 16.1. The van der Waals surface area contributed by atoms with Gasteiger partial charge in [0, 0.05) is 23.6 Å². The number of hydrogen-bond donors (Lipinski definition) is 0. The van der Waals surface area contributed by atoms with E-state index in [9.17, 15) is 4.39 Å². The van der Waals surface area contributed by atoms with Crippen molar-refractivity contribution in [2.75, 3.05) is 0 Å². The summed E-state index contributed by atoms with van der Waals surface area (Å²) in [5, 5.41) is 4.65. The first-order valence-corrected chi connectivity index (χ1v) is 24.1. The van der Waals surface area contributed by atoms with Gasteiger partial charge in [0.15, 0.2) is 0 Å². The van der Waals surface area contributed by atoms with Crippen molar-refractivity contribution in [2.24, 2.45) is 0 Å². The molecule has 3 nitrogen and oxygen atoms in total. The molecular weight excluding hydrogens is 746 g/mol. The second-order valence-electron chi connectivity index (χ2n) is 21.3. The molecule has 0 aliphatic heterocycles. The van der Waals surface area contributed by atoms with Crippen LogP contribution in [0.1, 0.15) is 304 Å². The van der Waals surface area contributed by atoms with Gasteiger partial charge in [-0.15, -0.1) is 0 Å². The molecule has 0 saturated carbocycles. The second-order valence-corrected chi connectivity index (χ2v) is 21.3. The van der Waals surface area contributed by atoms with Crippen LogP contribution in [-0.4, -0.2) is 14.8 Å². The zero-order valence-electron chi connectivity index (χ0n) is 44.2. The molecule has 0 aliphatic carbocycles. The molecule has 2 heterocycles. The summed E-state index contributed by atoms with van der Waals surface area (Å²) in [6.07, 6.45) is 2.20. The average Bonchev–Trinajstić information content (AvgIpc) is 3.62. The molecule has 0 bridgehead atoms. The summed E-state index contributed by atoms with van der Waals surface area (Å²) in [4.78, 5) is 4.79. The standard InChI is InChI=1S/C16H26.C15H23F.C14H23N.C12H22N2/c1-10(2)14-9-16(12(5)6)15(11(3)4)8-13(14)7;1-9(2)12-7-8-13(10(3)4)15(16)14(12)11(5)6;1-9(2)12-7-8-13(10(3)4)15-14(12)11(5)6;1-8(2)11-7-14(10(5)6)13-12(11)9(3)4/h8-12H,1-7H3;7-11H,1-6H3;7-11H,1-6H3;7-10H,1-6H3. The SMILES string of the molecule is CC(C)c1ccc(C(C)C)c(C(C)C)c1F.CC(C)c1ccc(C(C)C)c(C(C)C)n1.CC(C)c1cn(C(C)C)nc1C(C)C.Cc1cc(C(C)C)c(C(C)C)cc1C(C)C. The Balaban J connectivity index is 0.000000407. The molecule has 2 aromatic heterocycles. The fourth-order valence-corrected chi connectivity index (χ4v) is 7.90. The van der Waals surface area contributed by atoms with E-state index in [1.807, 2.05) is 19.9 Å². The van der Waals surface area contributed by atoms with Crippen LogP contribution in [0.4, 0.5) is 4.39 Å². The van der Waals surface area contributed by atoms with E-state index >= 15 is 0 Å². The highest BCUT2D eigenvalue weighted by atomic mass is 19.1. The molecule has 0 spiro atoms. The quantitative estimate of drug-likeness (QED) is 0.142. The fourth-order valence-electron chi connectivity index (χ4n) is 7.90. The van der Waals surface area contributed by atoms with Crippen molar-refractivity contribution < 1.29 is 4.39 Å². The van der Waals surface area contributed by atoms with E-state index in [0.29, 0.717) is 59.3 Å². The number of pyridine rings is 1. The summed E-state index contributed by atoms with van der Waals surface area (Å²) in [5.74, 6) is 5.44. The van der Waals surface area contributed by atoms with Crippen molar-refractivity contribution >= 4 is 0 Å². The highest BCUT2D eigenvalue weighted by molar-refractivity contribution is 5.42. The predicted molar refractivity (Wildman–Crippen MR) is 269 cm³/mol. The molecule has 4 heteroatoms. The van der Waals surface area contributed by atoms with Crippen LogP contribution in [0.5, 0.6) is 0 Å². The molecule has 0 atom stereocenters. The van der Waals surface area contributed by atoms with Gasteiger partial charge in [0.1, 0.15) is 5.82 Å². The van der Waals surface area contributed by atoms with Gasteiger partial charge in [-0.05, 0) is 142 Å². The van der Waals surface area contributed by atoms with Crippen LogP contribution in [-0.2, 0) is 0 Å². The molecular formula is C57H94FN3. The molecule has 0 fully saturated rings. The summed E-state index contributed by atoms with van der Waals surface area (Å²) in [7, 11) is 0. The summed E-state index contributed by atoms with van der Waals surface area (Å²) >= 11 is 0. The fraction of sp³-hybridized carbons (Fsp3) is 0.649. The number of hydrogen-bond acceptors (Lipinski definition) is 2. The third-order valence-electron chi connectivity index (χ3n) is 11.6. The van der Waals surface area contributed by atoms with E-state index in [1.54, 1.807) is 0 Å². The van der Waals surface area contributed by atoms with Gasteiger partial charge >= 0.3 is 0 Å². The molecule has 0 amide bonds. The van der Waals surface area contributed by atoms with E-state index in [2.05, 4.69) is 206 Å². The van der Waals surface area contributed by atoms with E-state index in [4.69, 9.17) is 4.98 Å². The first-order valence-electron chi connectivity index (χ1n) is 24.1. The Morgan fingerprint density at radius 1 is 0.393 bits per heavy atom. The monoisotopic (exact) mass is 840 g/mol. The summed E-state index contributed by atoms with van der Waals surface area (Å²) < 4.78 is 16.5. The number of nitrogens with zero attached hydrogens (tertiary/aromatic N) is 3. The Morgan fingerprint density at radius 2 is 0.803 bits per heavy atom. The number of halogens is 1. The predicted octanol–water partition coefficient (Wildman–Crippen LogP) is 18.7. The molecule has 2 aromatic carbocycles. The molecule has 0 unspecified atom stereocenters. The lowest BCUT2D eigenvalue weighted by Crippen LogP contribution is -2.06. The maximum absolute atomic E-state index is 14.4. The Labute approximate surface area is 377 Å². The van der Waals surface area contributed by atoms with E-state index in [0.717, 1.165) is 16.7 Å². The maximum atomic E-state index is 14.4. The lowest BCUT2D eigenvalue weighted by molar-refractivity contribution is 0.522. The summed E-state index contributed by atoms with van der Waals surface area (Å²) in [6.45, 7) is 54.9. The number of rotatable bonds is 12. The highest BCUT2D eigenvalue weighted by Gasteiger charge is 2.20. The van der Waals surface area contributed by atoms with Gasteiger partial charge in [-0.25, -0.2) is 4.39 Å². The Kier molecular flexibility index (Phi) is 23.0. The minimum atomic E-state index is 0.0104. The first kappa shape index (κ1) is 55.7. The van der Waals surface area contributed by atoms with Gasteiger partial charge in [-0.2, -0.15) is 5.10 Å². The smallest absolute Gasteiger partial charge is 0.130 e. The van der Waals surface area contributed by atoms with Crippen molar-refractivity contribution in [1.82, 2.24) is 14.8 Å². The summed E-state index contributed by atoms with van der Waals surface area (Å²) in [6, 6.07) is 13.8. The highest BCUT2D eigenvalue weighted by Crippen LogP contribution is 2.34. The van der Waals surface area contributed by atoms with Crippen molar-refractivity contribution in [3.8, 4) is 0 Å². The minimum Gasteiger partial charge on any atom is -0.270 e. The Bertz CT molecular complexity index is 1860. The van der Waals surface area contributed by atoms with E-state index in [1.165, 1.54) is 50.5 Å². The van der Waals surface area contributed by atoms with E-state index in [-0.39, 0.29) is 17.7 Å². The first-order chi connectivity index (χ1) is 28.1. The second kappa shape index (κ2) is 25.1. The number of aryl methyl sites for hydroxylation is 1. The Morgan fingerprint density at radius 3 is 1.16 bits per heavy atom. The Hall–Kier alpha value is -3.27. The van der Waals surface area contributed by atoms with Gasteiger partial charge < -0.3 is 0 Å². The van der Waals surface area contributed by atoms with Gasteiger partial charge in [0.25, 0.3) is 0 Å². The number of benzene rings is 2. The lowest BCUT2D eigenvalue weighted by atomic mass is 9.85. The average molecular weight is 840 g/mol. The molecule has 61 heavy (non-hydrogen) atoms. The van der Waals surface area contributed by atoms with Crippen LogP contribution in [0, 0.1) is 12.7 Å². The van der Waals surface area contributed by atoms with Crippen LogP contribution in [0.25, 0.3) is 0 Å². The molecule has 0 aliphatic rings. The van der Waals surface area contributed by atoms with Crippen LogP contribution in [0.15, 0.2) is 42.6 Å². The number of aromatic nitrogens is 3. The molecule has 4 rings (SSSR count). The van der Waals surface area contributed by atoms with Crippen molar-refractivity contribution in [3.63, 3.8) is 0 Å².